The van der Waals surface area contributed by atoms with Crippen molar-refractivity contribution in [2.75, 3.05) is 0 Å². The fraction of sp³-hybridized carbons (Fsp3) is 1.00. The van der Waals surface area contributed by atoms with Gasteiger partial charge in [-0.15, -0.1) is 0 Å². The minimum atomic E-state index is -2.10. The van der Waals surface area contributed by atoms with E-state index in [1.54, 1.807) is 0 Å². The molecular formula is C12H28O2Si. The second-order valence-corrected chi connectivity index (χ2v) is 9.23. The monoisotopic (exact) mass is 232 g/mol. The molecule has 0 aliphatic heterocycles. The van der Waals surface area contributed by atoms with E-state index in [4.69, 9.17) is 8.85 Å². The molecule has 3 heteroatoms. The highest BCUT2D eigenvalue weighted by molar-refractivity contribution is 6.69. The normalized spacial score (nSPS) is 14.0. The van der Waals surface area contributed by atoms with Crippen molar-refractivity contribution in [3.05, 3.63) is 0 Å². The molecule has 0 spiro atoms. The molecule has 15 heavy (non-hydrogen) atoms. The standard InChI is InChI=1S/C12H28O2Si/c1-9-12(6,7)15(8,13-10(2)3)14-11(4)5/h10-11H,9H2,1-8H3. The molecule has 0 aromatic rings. The molecule has 0 aliphatic carbocycles. The fourth-order valence-corrected chi connectivity index (χ4v) is 4.70. The molecule has 0 saturated carbocycles. The third-order valence-corrected chi connectivity index (χ3v) is 7.69. The smallest absolute Gasteiger partial charge is 0.341 e. The highest BCUT2D eigenvalue weighted by Gasteiger charge is 2.47. The minimum absolute atomic E-state index is 0.154. The van der Waals surface area contributed by atoms with Crippen LogP contribution >= 0.6 is 0 Å². The average Bonchev–Trinajstić information content (AvgIpc) is 2.00. The summed E-state index contributed by atoms with van der Waals surface area (Å²) in [7, 11) is -2.10. The Kier molecular flexibility index (Phi) is 5.51. The van der Waals surface area contributed by atoms with Crippen molar-refractivity contribution in [1.82, 2.24) is 0 Å². The summed E-state index contributed by atoms with van der Waals surface area (Å²) in [5.74, 6) is 0. The molecular weight excluding hydrogens is 204 g/mol. The van der Waals surface area contributed by atoms with Crippen LogP contribution in [0.2, 0.25) is 11.6 Å². The van der Waals surface area contributed by atoms with Crippen LogP contribution in [0.3, 0.4) is 0 Å². The van der Waals surface area contributed by atoms with Gasteiger partial charge in [0.25, 0.3) is 0 Å². The first-order valence-electron chi connectivity index (χ1n) is 6.00. The first-order valence-corrected chi connectivity index (χ1v) is 8.32. The van der Waals surface area contributed by atoms with Crippen molar-refractivity contribution in [3.8, 4) is 0 Å². The Morgan fingerprint density at radius 1 is 1.00 bits per heavy atom. The molecule has 0 N–H and O–H groups in total. The van der Waals surface area contributed by atoms with Crippen LogP contribution in [0.5, 0.6) is 0 Å². The Bertz CT molecular complexity index is 178. The summed E-state index contributed by atoms with van der Waals surface area (Å²) in [6, 6.07) is 0. The maximum absolute atomic E-state index is 6.12. The van der Waals surface area contributed by atoms with Crippen LogP contribution in [0.25, 0.3) is 0 Å². The Hall–Kier alpha value is 0.137. The lowest BCUT2D eigenvalue weighted by Gasteiger charge is -2.42. The van der Waals surface area contributed by atoms with Crippen LogP contribution in [-0.2, 0) is 8.85 Å². The van der Waals surface area contributed by atoms with E-state index in [1.807, 2.05) is 0 Å². The molecule has 0 aliphatic rings. The zero-order valence-electron chi connectivity index (χ0n) is 11.7. The second-order valence-electron chi connectivity index (χ2n) is 5.52. The number of rotatable bonds is 6. The van der Waals surface area contributed by atoms with Crippen molar-refractivity contribution in [3.63, 3.8) is 0 Å². The minimum Gasteiger partial charge on any atom is -0.392 e. The van der Waals surface area contributed by atoms with E-state index in [9.17, 15) is 0 Å². The van der Waals surface area contributed by atoms with Gasteiger partial charge in [-0.2, -0.15) is 0 Å². The lowest BCUT2D eigenvalue weighted by atomic mass is 10.1. The highest BCUT2D eigenvalue weighted by Crippen LogP contribution is 2.42. The van der Waals surface area contributed by atoms with Gasteiger partial charge in [-0.1, -0.05) is 20.8 Å². The average molecular weight is 232 g/mol. The first-order chi connectivity index (χ1) is 6.64. The molecule has 0 atom stereocenters. The van der Waals surface area contributed by atoms with Gasteiger partial charge in [-0.05, 0) is 40.7 Å². The molecule has 0 unspecified atom stereocenters. The van der Waals surface area contributed by atoms with Crippen LogP contribution in [0.1, 0.15) is 54.9 Å². The van der Waals surface area contributed by atoms with Crippen molar-refractivity contribution in [2.24, 2.45) is 0 Å². The quantitative estimate of drug-likeness (QED) is 0.642. The lowest BCUT2D eigenvalue weighted by molar-refractivity contribution is 0.0904. The molecule has 2 nitrogen and oxygen atoms in total. The topological polar surface area (TPSA) is 18.5 Å². The van der Waals surface area contributed by atoms with Gasteiger partial charge in [-0.25, -0.2) is 0 Å². The third kappa shape index (κ3) is 4.25. The Labute approximate surface area is 96.6 Å². The molecule has 0 saturated heterocycles. The Morgan fingerprint density at radius 3 is 1.53 bits per heavy atom. The zero-order chi connectivity index (χ0) is 12.3. The Morgan fingerprint density at radius 2 is 1.33 bits per heavy atom. The van der Waals surface area contributed by atoms with Crippen molar-refractivity contribution >= 4 is 8.56 Å². The molecule has 92 valence electrons. The number of hydrogen-bond acceptors (Lipinski definition) is 2. The molecule has 0 fully saturated rings. The van der Waals surface area contributed by atoms with E-state index in [-0.39, 0.29) is 17.2 Å². The summed E-state index contributed by atoms with van der Waals surface area (Å²) in [5.41, 5.74) is 0. The van der Waals surface area contributed by atoms with Gasteiger partial charge in [0.1, 0.15) is 0 Å². The molecule has 0 aromatic carbocycles. The van der Waals surface area contributed by atoms with Crippen LogP contribution in [0.4, 0.5) is 0 Å². The fourth-order valence-electron chi connectivity index (χ4n) is 1.57. The zero-order valence-corrected chi connectivity index (χ0v) is 12.7. The second kappa shape index (κ2) is 5.46. The summed E-state index contributed by atoms with van der Waals surface area (Å²) in [4.78, 5) is 0. The van der Waals surface area contributed by atoms with Gasteiger partial charge in [-0.3, -0.25) is 0 Å². The van der Waals surface area contributed by atoms with E-state index in [0.717, 1.165) is 6.42 Å². The highest BCUT2D eigenvalue weighted by atomic mass is 28.4. The lowest BCUT2D eigenvalue weighted by Crippen LogP contribution is -2.51. The van der Waals surface area contributed by atoms with Crippen LogP contribution in [-0.4, -0.2) is 20.8 Å². The summed E-state index contributed by atoms with van der Waals surface area (Å²) in [5, 5.41) is 0.154. The predicted octanol–water partition coefficient (Wildman–Crippen LogP) is 4.10. The van der Waals surface area contributed by atoms with Crippen LogP contribution < -0.4 is 0 Å². The van der Waals surface area contributed by atoms with E-state index >= 15 is 0 Å². The summed E-state index contributed by atoms with van der Waals surface area (Å²) < 4.78 is 12.2. The number of hydrogen-bond donors (Lipinski definition) is 0. The van der Waals surface area contributed by atoms with Gasteiger partial charge in [0.15, 0.2) is 0 Å². The predicted molar refractivity (Wildman–Crippen MR) is 68.4 cm³/mol. The summed E-state index contributed by atoms with van der Waals surface area (Å²) >= 11 is 0. The maximum atomic E-state index is 6.12. The van der Waals surface area contributed by atoms with E-state index in [0.29, 0.717) is 0 Å². The van der Waals surface area contributed by atoms with Gasteiger partial charge in [0.05, 0.1) is 0 Å². The Balaban J connectivity index is 4.84. The molecule has 0 radical (unpaired) electrons. The van der Waals surface area contributed by atoms with Gasteiger partial charge < -0.3 is 8.85 Å². The largest absolute Gasteiger partial charge is 0.392 e. The molecule has 0 bridgehead atoms. The van der Waals surface area contributed by atoms with Gasteiger partial charge >= 0.3 is 8.56 Å². The van der Waals surface area contributed by atoms with Crippen LogP contribution in [0, 0.1) is 0 Å². The molecule has 0 heterocycles. The van der Waals surface area contributed by atoms with Crippen molar-refractivity contribution in [2.45, 2.75) is 78.7 Å². The maximum Gasteiger partial charge on any atom is 0.341 e. The van der Waals surface area contributed by atoms with E-state index in [2.05, 4.69) is 55.0 Å². The van der Waals surface area contributed by atoms with Crippen molar-refractivity contribution in [1.29, 1.82) is 0 Å². The van der Waals surface area contributed by atoms with Gasteiger partial charge in [0.2, 0.25) is 0 Å². The third-order valence-electron chi connectivity index (χ3n) is 3.03. The summed E-state index contributed by atoms with van der Waals surface area (Å²) in [6.45, 7) is 17.2. The van der Waals surface area contributed by atoms with Gasteiger partial charge in [0, 0.05) is 17.2 Å². The van der Waals surface area contributed by atoms with Crippen LogP contribution in [0.15, 0.2) is 0 Å². The summed E-state index contributed by atoms with van der Waals surface area (Å²) in [6.07, 6.45) is 1.58. The molecule has 0 aromatic heterocycles. The molecule has 0 rings (SSSR count). The molecule has 0 amide bonds. The SMILES string of the molecule is CCC(C)(C)[Si](C)(OC(C)C)OC(C)C. The van der Waals surface area contributed by atoms with E-state index < -0.39 is 8.56 Å². The van der Waals surface area contributed by atoms with E-state index in [1.165, 1.54) is 0 Å². The first kappa shape index (κ1) is 15.1. The van der Waals surface area contributed by atoms with Crippen molar-refractivity contribution < 1.29 is 8.85 Å².